The normalized spacial score (nSPS) is 19.6. The molecule has 0 bridgehead atoms. The highest BCUT2D eigenvalue weighted by Gasteiger charge is 2.23. The number of methoxy groups -OCH3 is 2. The van der Waals surface area contributed by atoms with Crippen molar-refractivity contribution in [2.75, 3.05) is 14.2 Å². The highest BCUT2D eigenvalue weighted by Crippen LogP contribution is 2.22. The van der Waals surface area contributed by atoms with Gasteiger partial charge in [-0.1, -0.05) is 40.5 Å². The molecule has 0 radical (unpaired) electrons. The molecule has 0 aliphatic carbocycles. The summed E-state index contributed by atoms with van der Waals surface area (Å²) >= 11 is 0. The Morgan fingerprint density at radius 2 is 1.13 bits per heavy atom. The Hall–Kier alpha value is -0.0800. The minimum Gasteiger partial charge on any atom is -0.381 e. The fourth-order valence-electron chi connectivity index (χ4n) is 1.88. The smallest absolute Gasteiger partial charge is 0.0621 e. The molecule has 0 heterocycles. The third-order valence-corrected chi connectivity index (χ3v) is 3.63. The minimum atomic E-state index is 0.328. The van der Waals surface area contributed by atoms with Crippen LogP contribution in [-0.4, -0.2) is 26.4 Å². The molecule has 0 spiro atoms. The molecule has 15 heavy (non-hydrogen) atoms. The summed E-state index contributed by atoms with van der Waals surface area (Å²) in [7, 11) is 3.61. The van der Waals surface area contributed by atoms with Gasteiger partial charge < -0.3 is 9.47 Å². The van der Waals surface area contributed by atoms with Gasteiger partial charge in [-0.2, -0.15) is 0 Å². The van der Waals surface area contributed by atoms with Gasteiger partial charge in [0.1, 0.15) is 0 Å². The molecule has 0 aliphatic rings. The molecule has 0 aromatic rings. The van der Waals surface area contributed by atoms with Gasteiger partial charge >= 0.3 is 0 Å². The maximum absolute atomic E-state index is 5.55. The summed E-state index contributed by atoms with van der Waals surface area (Å²) in [6, 6.07) is 0. The van der Waals surface area contributed by atoms with Crippen LogP contribution in [0.4, 0.5) is 0 Å². The van der Waals surface area contributed by atoms with Crippen LogP contribution in [0.3, 0.4) is 0 Å². The van der Waals surface area contributed by atoms with Crippen molar-refractivity contribution in [3.63, 3.8) is 0 Å². The van der Waals surface area contributed by atoms with Gasteiger partial charge in [0.25, 0.3) is 0 Å². The van der Waals surface area contributed by atoms with Gasteiger partial charge in [0, 0.05) is 20.6 Å². The van der Waals surface area contributed by atoms with Crippen LogP contribution in [0.15, 0.2) is 0 Å². The van der Waals surface area contributed by atoms with Gasteiger partial charge in [-0.25, -0.2) is 0 Å². The van der Waals surface area contributed by atoms with E-state index in [1.807, 2.05) is 0 Å². The molecular weight excluding hydrogens is 188 g/mol. The molecule has 0 aromatic heterocycles. The van der Waals surface area contributed by atoms with E-state index in [0.717, 1.165) is 19.3 Å². The van der Waals surface area contributed by atoms with E-state index in [9.17, 15) is 0 Å². The topological polar surface area (TPSA) is 18.5 Å². The zero-order chi connectivity index (χ0) is 11.8. The predicted molar refractivity (Wildman–Crippen MR) is 65.1 cm³/mol. The first-order valence-corrected chi connectivity index (χ1v) is 6.16. The van der Waals surface area contributed by atoms with Gasteiger partial charge in [0.15, 0.2) is 0 Å². The summed E-state index contributed by atoms with van der Waals surface area (Å²) in [5.41, 5.74) is 0. The monoisotopic (exact) mass is 216 g/mol. The fraction of sp³-hybridized carbons (Fsp3) is 1.00. The molecule has 0 rings (SSSR count). The SMILES string of the molecule is CCC(C)C(CC(OC)C(C)CC)OC. The summed E-state index contributed by atoms with van der Waals surface area (Å²) < 4.78 is 11.1. The van der Waals surface area contributed by atoms with E-state index in [1.165, 1.54) is 0 Å². The van der Waals surface area contributed by atoms with Gasteiger partial charge in [0.2, 0.25) is 0 Å². The van der Waals surface area contributed by atoms with Crippen molar-refractivity contribution in [3.8, 4) is 0 Å². The summed E-state index contributed by atoms with van der Waals surface area (Å²) in [6.07, 6.45) is 3.99. The van der Waals surface area contributed by atoms with Gasteiger partial charge in [-0.15, -0.1) is 0 Å². The van der Waals surface area contributed by atoms with Crippen LogP contribution in [0.2, 0.25) is 0 Å². The van der Waals surface area contributed by atoms with Crippen molar-refractivity contribution < 1.29 is 9.47 Å². The lowest BCUT2D eigenvalue weighted by atomic mass is 9.90. The van der Waals surface area contributed by atoms with Crippen LogP contribution in [0, 0.1) is 11.8 Å². The lowest BCUT2D eigenvalue weighted by molar-refractivity contribution is -0.0229. The van der Waals surface area contributed by atoms with E-state index in [-0.39, 0.29) is 0 Å². The summed E-state index contributed by atoms with van der Waals surface area (Å²) in [5.74, 6) is 1.22. The van der Waals surface area contributed by atoms with Crippen LogP contribution in [-0.2, 0) is 9.47 Å². The van der Waals surface area contributed by atoms with Crippen LogP contribution >= 0.6 is 0 Å². The van der Waals surface area contributed by atoms with Crippen LogP contribution in [0.25, 0.3) is 0 Å². The number of hydrogen-bond donors (Lipinski definition) is 0. The fourth-order valence-corrected chi connectivity index (χ4v) is 1.88. The average Bonchev–Trinajstić information content (AvgIpc) is 2.28. The van der Waals surface area contributed by atoms with Gasteiger partial charge in [-0.05, 0) is 11.8 Å². The van der Waals surface area contributed by atoms with Crippen molar-refractivity contribution in [1.82, 2.24) is 0 Å². The third kappa shape index (κ3) is 4.98. The standard InChI is InChI=1S/C13H28O2/c1-7-10(3)12(14-5)9-13(15-6)11(4)8-2/h10-13H,7-9H2,1-6H3. The number of hydrogen-bond acceptors (Lipinski definition) is 2. The molecule has 0 fully saturated rings. The summed E-state index contributed by atoms with van der Waals surface area (Å²) in [5, 5.41) is 0. The maximum Gasteiger partial charge on any atom is 0.0621 e. The molecule has 0 aromatic carbocycles. The molecule has 0 saturated carbocycles. The second-order valence-electron chi connectivity index (χ2n) is 4.56. The molecule has 2 heteroatoms. The predicted octanol–water partition coefficient (Wildman–Crippen LogP) is 3.50. The summed E-state index contributed by atoms with van der Waals surface area (Å²) in [4.78, 5) is 0. The zero-order valence-corrected chi connectivity index (χ0v) is 11.2. The second-order valence-corrected chi connectivity index (χ2v) is 4.56. The highest BCUT2D eigenvalue weighted by atomic mass is 16.5. The van der Waals surface area contributed by atoms with Crippen LogP contribution in [0.1, 0.15) is 47.0 Å². The third-order valence-electron chi connectivity index (χ3n) is 3.63. The van der Waals surface area contributed by atoms with E-state index < -0.39 is 0 Å². The molecule has 0 aliphatic heterocycles. The average molecular weight is 216 g/mol. The molecule has 92 valence electrons. The Morgan fingerprint density at radius 3 is 1.33 bits per heavy atom. The highest BCUT2D eigenvalue weighted by molar-refractivity contribution is 4.74. The quantitative estimate of drug-likeness (QED) is 0.618. The maximum atomic E-state index is 5.55. The first-order chi connectivity index (χ1) is 7.10. The lowest BCUT2D eigenvalue weighted by Crippen LogP contribution is -2.30. The van der Waals surface area contributed by atoms with Crippen LogP contribution < -0.4 is 0 Å². The number of ether oxygens (including phenoxy) is 2. The Bertz CT molecular complexity index is 131. The Balaban J connectivity index is 4.23. The van der Waals surface area contributed by atoms with Crippen molar-refractivity contribution in [3.05, 3.63) is 0 Å². The second kappa shape index (κ2) is 8.12. The van der Waals surface area contributed by atoms with E-state index in [2.05, 4.69) is 27.7 Å². The molecule has 4 unspecified atom stereocenters. The molecule has 0 N–H and O–H groups in total. The van der Waals surface area contributed by atoms with Crippen molar-refractivity contribution in [2.24, 2.45) is 11.8 Å². The largest absolute Gasteiger partial charge is 0.381 e. The van der Waals surface area contributed by atoms with Crippen molar-refractivity contribution >= 4 is 0 Å². The Kier molecular flexibility index (Phi) is 8.07. The number of rotatable bonds is 8. The molecule has 4 atom stereocenters. The Labute approximate surface area is 95.3 Å². The Morgan fingerprint density at radius 1 is 0.800 bits per heavy atom. The van der Waals surface area contributed by atoms with E-state index in [1.54, 1.807) is 14.2 Å². The van der Waals surface area contributed by atoms with E-state index in [4.69, 9.17) is 9.47 Å². The first-order valence-electron chi connectivity index (χ1n) is 6.16. The van der Waals surface area contributed by atoms with Crippen molar-refractivity contribution in [2.45, 2.75) is 59.2 Å². The van der Waals surface area contributed by atoms with Gasteiger partial charge in [-0.3, -0.25) is 0 Å². The lowest BCUT2D eigenvalue weighted by Gasteiger charge is -2.28. The molecule has 0 saturated heterocycles. The summed E-state index contributed by atoms with van der Waals surface area (Å²) in [6.45, 7) is 8.92. The minimum absolute atomic E-state index is 0.328. The molecule has 0 amide bonds. The molecular formula is C13H28O2. The van der Waals surface area contributed by atoms with Gasteiger partial charge in [0.05, 0.1) is 12.2 Å². The van der Waals surface area contributed by atoms with Crippen molar-refractivity contribution in [1.29, 1.82) is 0 Å². The molecule has 2 nitrogen and oxygen atoms in total. The first kappa shape index (κ1) is 14.9. The van der Waals surface area contributed by atoms with E-state index in [0.29, 0.717) is 24.0 Å². The van der Waals surface area contributed by atoms with Crippen LogP contribution in [0.5, 0.6) is 0 Å². The van der Waals surface area contributed by atoms with E-state index >= 15 is 0 Å². The zero-order valence-electron chi connectivity index (χ0n) is 11.2.